The van der Waals surface area contributed by atoms with Crippen molar-refractivity contribution in [3.05, 3.63) is 49.0 Å². The number of benzene rings is 1. The van der Waals surface area contributed by atoms with Crippen LogP contribution in [-0.2, 0) is 0 Å². The third-order valence-electron chi connectivity index (χ3n) is 2.36. The Morgan fingerprint density at radius 3 is 2.35 bits per heavy atom. The van der Waals surface area contributed by atoms with Gasteiger partial charge in [-0.3, -0.25) is 0 Å². The van der Waals surface area contributed by atoms with Gasteiger partial charge in [0.2, 0.25) is 0 Å². The number of rotatable bonds is 3. The minimum Gasteiger partial charge on any atom is -0.497 e. The Bertz CT molecular complexity index is 510. The van der Waals surface area contributed by atoms with Crippen LogP contribution in [0.1, 0.15) is 16.5 Å². The molecule has 1 unspecified atom stereocenters. The van der Waals surface area contributed by atoms with Gasteiger partial charge in [0.15, 0.2) is 0 Å². The van der Waals surface area contributed by atoms with Gasteiger partial charge in [-0.25, -0.2) is 0 Å². The molecular formula is C12H9Br2ClOS. The number of hydrogen-bond acceptors (Lipinski definition) is 2. The van der Waals surface area contributed by atoms with E-state index in [9.17, 15) is 0 Å². The Balaban J connectivity index is 2.30. The molecule has 2 aromatic rings. The first kappa shape index (κ1) is 13.4. The summed E-state index contributed by atoms with van der Waals surface area (Å²) in [6, 6.07) is 9.83. The lowest BCUT2D eigenvalue weighted by atomic mass is 10.1. The van der Waals surface area contributed by atoms with E-state index in [4.69, 9.17) is 16.3 Å². The molecular weight excluding hydrogens is 387 g/mol. The van der Waals surface area contributed by atoms with Crippen LogP contribution in [0.15, 0.2) is 37.9 Å². The van der Waals surface area contributed by atoms with Gasteiger partial charge < -0.3 is 4.74 Å². The van der Waals surface area contributed by atoms with E-state index in [-0.39, 0.29) is 5.38 Å². The van der Waals surface area contributed by atoms with Crippen LogP contribution in [0.3, 0.4) is 0 Å². The summed E-state index contributed by atoms with van der Waals surface area (Å²) in [7, 11) is 1.65. The molecule has 0 aliphatic carbocycles. The molecule has 0 saturated carbocycles. The summed E-state index contributed by atoms with van der Waals surface area (Å²) in [6.07, 6.45) is 0. The Kier molecular flexibility index (Phi) is 4.53. The molecule has 90 valence electrons. The molecule has 0 spiro atoms. The second-order valence-corrected chi connectivity index (χ2v) is 7.60. The molecule has 0 N–H and O–H groups in total. The number of hydrogen-bond donors (Lipinski definition) is 0. The Morgan fingerprint density at radius 1 is 1.24 bits per heavy atom. The Morgan fingerprint density at radius 2 is 1.88 bits per heavy atom. The van der Waals surface area contributed by atoms with E-state index in [1.54, 1.807) is 18.4 Å². The summed E-state index contributed by atoms with van der Waals surface area (Å²) < 4.78 is 7.25. The van der Waals surface area contributed by atoms with E-state index >= 15 is 0 Å². The van der Waals surface area contributed by atoms with E-state index in [0.717, 1.165) is 24.4 Å². The predicted octanol–water partition coefficient (Wildman–Crippen LogP) is 5.61. The van der Waals surface area contributed by atoms with E-state index in [2.05, 4.69) is 31.9 Å². The molecule has 0 radical (unpaired) electrons. The van der Waals surface area contributed by atoms with Gasteiger partial charge in [0.1, 0.15) is 5.75 Å². The normalized spacial score (nSPS) is 12.5. The van der Waals surface area contributed by atoms with Crippen molar-refractivity contribution in [1.82, 2.24) is 0 Å². The van der Waals surface area contributed by atoms with Gasteiger partial charge in [-0.05, 0) is 55.6 Å². The minimum absolute atomic E-state index is 0.155. The first-order valence-electron chi connectivity index (χ1n) is 4.84. The molecule has 1 aromatic heterocycles. The van der Waals surface area contributed by atoms with Crippen molar-refractivity contribution in [3.8, 4) is 5.75 Å². The number of alkyl halides is 1. The van der Waals surface area contributed by atoms with Crippen LogP contribution in [0.5, 0.6) is 5.75 Å². The van der Waals surface area contributed by atoms with Crippen molar-refractivity contribution in [2.75, 3.05) is 7.11 Å². The fourth-order valence-electron chi connectivity index (χ4n) is 1.48. The van der Waals surface area contributed by atoms with Gasteiger partial charge >= 0.3 is 0 Å². The van der Waals surface area contributed by atoms with E-state index in [1.165, 1.54) is 0 Å². The lowest BCUT2D eigenvalue weighted by molar-refractivity contribution is 0.414. The summed E-state index contributed by atoms with van der Waals surface area (Å²) in [5.74, 6) is 0.836. The predicted molar refractivity (Wildman–Crippen MR) is 80.4 cm³/mol. The van der Waals surface area contributed by atoms with Crippen LogP contribution in [0.4, 0.5) is 0 Å². The standard InChI is InChI=1S/C12H9Br2ClOS/c1-16-8-4-2-7(3-5-8)11(15)9-6-10(13)17-12(9)14/h2-6,11H,1H3. The highest BCUT2D eigenvalue weighted by atomic mass is 79.9. The summed E-state index contributed by atoms with van der Waals surface area (Å²) in [5.41, 5.74) is 2.13. The molecule has 0 aliphatic rings. The van der Waals surface area contributed by atoms with Gasteiger partial charge in [-0.1, -0.05) is 12.1 Å². The quantitative estimate of drug-likeness (QED) is 0.613. The zero-order valence-corrected chi connectivity index (χ0v) is 13.7. The lowest BCUT2D eigenvalue weighted by Crippen LogP contribution is -1.92. The van der Waals surface area contributed by atoms with Gasteiger partial charge in [0.05, 0.1) is 20.1 Å². The molecule has 17 heavy (non-hydrogen) atoms. The molecule has 0 saturated heterocycles. The zero-order chi connectivity index (χ0) is 12.4. The molecule has 0 aliphatic heterocycles. The molecule has 1 aromatic carbocycles. The molecule has 0 fully saturated rings. The summed E-state index contributed by atoms with van der Waals surface area (Å²) in [4.78, 5) is 0. The number of thiophene rings is 1. The van der Waals surface area contributed by atoms with Crippen molar-refractivity contribution < 1.29 is 4.74 Å². The fraction of sp³-hybridized carbons (Fsp3) is 0.167. The van der Waals surface area contributed by atoms with Gasteiger partial charge in [0.25, 0.3) is 0 Å². The van der Waals surface area contributed by atoms with E-state index in [0.29, 0.717) is 0 Å². The molecule has 1 atom stereocenters. The first-order chi connectivity index (χ1) is 8.11. The highest BCUT2D eigenvalue weighted by Gasteiger charge is 2.16. The maximum atomic E-state index is 6.46. The van der Waals surface area contributed by atoms with Crippen molar-refractivity contribution in [3.63, 3.8) is 0 Å². The molecule has 0 bridgehead atoms. The second kappa shape index (κ2) is 5.74. The van der Waals surface area contributed by atoms with E-state index in [1.807, 2.05) is 30.3 Å². The van der Waals surface area contributed by atoms with Crippen molar-refractivity contribution >= 4 is 54.8 Å². The third-order valence-corrected chi connectivity index (χ3v) is 5.24. The van der Waals surface area contributed by atoms with Crippen LogP contribution in [-0.4, -0.2) is 7.11 Å². The maximum absolute atomic E-state index is 6.46. The maximum Gasteiger partial charge on any atom is 0.118 e. The smallest absolute Gasteiger partial charge is 0.118 e. The molecule has 2 rings (SSSR count). The van der Waals surface area contributed by atoms with Gasteiger partial charge in [0, 0.05) is 5.56 Å². The summed E-state index contributed by atoms with van der Waals surface area (Å²) >= 11 is 15.1. The number of methoxy groups -OCH3 is 1. The third kappa shape index (κ3) is 3.05. The highest BCUT2D eigenvalue weighted by Crippen LogP contribution is 2.40. The average Bonchev–Trinajstić information content (AvgIpc) is 2.68. The van der Waals surface area contributed by atoms with Crippen LogP contribution >= 0.6 is 54.8 Å². The largest absolute Gasteiger partial charge is 0.497 e. The fourth-order valence-corrected chi connectivity index (χ4v) is 4.89. The van der Waals surface area contributed by atoms with Gasteiger partial charge in [-0.2, -0.15) is 0 Å². The zero-order valence-electron chi connectivity index (χ0n) is 8.91. The monoisotopic (exact) mass is 394 g/mol. The van der Waals surface area contributed by atoms with E-state index < -0.39 is 0 Å². The Hall–Kier alpha value is -0.0300. The van der Waals surface area contributed by atoms with Crippen molar-refractivity contribution in [2.45, 2.75) is 5.38 Å². The van der Waals surface area contributed by atoms with Crippen LogP contribution < -0.4 is 4.74 Å². The van der Waals surface area contributed by atoms with Crippen LogP contribution in [0.25, 0.3) is 0 Å². The highest BCUT2D eigenvalue weighted by molar-refractivity contribution is 9.12. The number of halogens is 3. The number of ether oxygens (including phenoxy) is 1. The topological polar surface area (TPSA) is 9.23 Å². The molecule has 1 heterocycles. The molecule has 1 nitrogen and oxygen atoms in total. The van der Waals surface area contributed by atoms with Crippen LogP contribution in [0, 0.1) is 0 Å². The van der Waals surface area contributed by atoms with Crippen LogP contribution in [0.2, 0.25) is 0 Å². The molecule has 0 amide bonds. The average molecular weight is 397 g/mol. The van der Waals surface area contributed by atoms with Gasteiger partial charge in [-0.15, -0.1) is 22.9 Å². The minimum atomic E-state index is -0.155. The SMILES string of the molecule is COc1ccc(C(Cl)c2cc(Br)sc2Br)cc1. The second-order valence-electron chi connectivity index (χ2n) is 3.42. The summed E-state index contributed by atoms with van der Waals surface area (Å²) in [6.45, 7) is 0. The lowest BCUT2D eigenvalue weighted by Gasteiger charge is -2.09. The summed E-state index contributed by atoms with van der Waals surface area (Å²) in [5, 5.41) is -0.155. The van der Waals surface area contributed by atoms with Crippen molar-refractivity contribution in [1.29, 1.82) is 0 Å². The Labute approximate surface area is 126 Å². The first-order valence-corrected chi connectivity index (χ1v) is 7.68. The van der Waals surface area contributed by atoms with Crippen molar-refractivity contribution in [2.24, 2.45) is 0 Å². The molecule has 5 heteroatoms.